The fourth-order valence-corrected chi connectivity index (χ4v) is 4.77. The van der Waals surface area contributed by atoms with Crippen molar-refractivity contribution in [2.45, 2.75) is 24.7 Å². The van der Waals surface area contributed by atoms with Crippen molar-refractivity contribution in [1.82, 2.24) is 9.21 Å². The maximum absolute atomic E-state index is 13.5. The highest BCUT2D eigenvalue weighted by atomic mass is 32.2. The van der Waals surface area contributed by atoms with Crippen LogP contribution in [0.1, 0.15) is 30.1 Å². The Bertz CT molecular complexity index is 1080. The molecular weight excluding hydrogens is 442 g/mol. The van der Waals surface area contributed by atoms with Gasteiger partial charge in [-0.2, -0.15) is 4.31 Å². The zero-order valence-electron chi connectivity index (χ0n) is 17.6. The number of amides is 1. The lowest BCUT2D eigenvalue weighted by Crippen LogP contribution is -2.50. The van der Waals surface area contributed by atoms with Crippen LogP contribution < -0.4 is 4.74 Å². The van der Waals surface area contributed by atoms with E-state index in [2.05, 4.69) is 0 Å². The first kappa shape index (κ1) is 23.8. The third kappa shape index (κ3) is 5.68. The number of nitrogens with zero attached hydrogens (tertiary/aromatic N) is 2. The van der Waals surface area contributed by atoms with Gasteiger partial charge in [-0.05, 0) is 37.6 Å². The van der Waals surface area contributed by atoms with Gasteiger partial charge in [0.1, 0.15) is 5.82 Å². The number of Topliss-reactive ketones (excluding diaryl/α,β-unsaturated/α-hetero) is 1. The van der Waals surface area contributed by atoms with E-state index in [4.69, 9.17) is 4.74 Å². The van der Waals surface area contributed by atoms with Gasteiger partial charge in [0.25, 0.3) is 0 Å². The van der Waals surface area contributed by atoms with Gasteiger partial charge < -0.3 is 9.64 Å². The summed E-state index contributed by atoms with van der Waals surface area (Å²) in [6.07, 6.45) is 0.513. The first-order valence-electron chi connectivity index (χ1n) is 10.2. The van der Waals surface area contributed by atoms with Crippen LogP contribution >= 0.6 is 0 Å². The average molecular weight is 467 g/mol. The lowest BCUT2D eigenvalue weighted by Gasteiger charge is -2.34. The van der Waals surface area contributed by atoms with Gasteiger partial charge >= 0.3 is 0 Å². The van der Waals surface area contributed by atoms with E-state index in [0.29, 0.717) is 12.0 Å². The maximum Gasteiger partial charge on any atom is 0.243 e. The van der Waals surface area contributed by atoms with E-state index in [9.17, 15) is 26.8 Å². The smallest absolute Gasteiger partial charge is 0.243 e. The van der Waals surface area contributed by atoms with E-state index in [-0.39, 0.29) is 61.5 Å². The number of ether oxygens (including phenoxy) is 1. The van der Waals surface area contributed by atoms with Crippen LogP contribution in [0.15, 0.2) is 47.4 Å². The van der Waals surface area contributed by atoms with Crippen LogP contribution in [0.25, 0.3) is 0 Å². The fourth-order valence-electron chi connectivity index (χ4n) is 3.34. The van der Waals surface area contributed by atoms with Crippen LogP contribution in [0.2, 0.25) is 0 Å². The summed E-state index contributed by atoms with van der Waals surface area (Å²) in [5.41, 5.74) is 0.436. The molecule has 1 aliphatic rings. The molecule has 0 unspecified atom stereocenters. The van der Waals surface area contributed by atoms with Crippen LogP contribution in [-0.4, -0.2) is 62.1 Å². The molecule has 0 saturated carbocycles. The third-order valence-corrected chi connectivity index (χ3v) is 7.09. The van der Waals surface area contributed by atoms with Gasteiger partial charge in [-0.25, -0.2) is 17.2 Å². The number of carbonyl (C=O) groups excluding carboxylic acids is 2. The van der Waals surface area contributed by atoms with Gasteiger partial charge in [-0.3, -0.25) is 9.59 Å². The van der Waals surface area contributed by atoms with Gasteiger partial charge in [0.15, 0.2) is 17.3 Å². The zero-order valence-corrected chi connectivity index (χ0v) is 18.4. The molecule has 7 nitrogen and oxygen atoms in total. The molecule has 0 radical (unpaired) electrons. The standard InChI is InChI=1S/C22H24F2N2O5S/c1-16(27)17-4-7-19(8-5-17)32(29,30)26-12-10-25(11-13-26)22(28)3-2-14-31-21-9-6-18(23)15-20(21)24/h4-9,15H,2-3,10-14H2,1H3. The Labute approximate surface area is 185 Å². The van der Waals surface area contributed by atoms with Crippen molar-refractivity contribution in [1.29, 1.82) is 0 Å². The Morgan fingerprint density at radius 1 is 1.00 bits per heavy atom. The lowest BCUT2D eigenvalue weighted by atomic mass is 10.2. The van der Waals surface area contributed by atoms with E-state index in [1.165, 1.54) is 41.6 Å². The number of hydrogen-bond acceptors (Lipinski definition) is 5. The Kier molecular flexibility index (Phi) is 7.57. The van der Waals surface area contributed by atoms with Crippen molar-refractivity contribution in [2.75, 3.05) is 32.8 Å². The van der Waals surface area contributed by atoms with Gasteiger partial charge in [0.2, 0.25) is 15.9 Å². The third-order valence-electron chi connectivity index (χ3n) is 5.18. The summed E-state index contributed by atoms with van der Waals surface area (Å²) in [6.45, 7) is 2.36. The zero-order chi connectivity index (χ0) is 23.3. The van der Waals surface area contributed by atoms with Crippen molar-refractivity contribution in [3.8, 4) is 5.75 Å². The summed E-state index contributed by atoms with van der Waals surface area (Å²) in [7, 11) is -3.71. The fraction of sp³-hybridized carbons (Fsp3) is 0.364. The minimum Gasteiger partial charge on any atom is -0.491 e. The van der Waals surface area contributed by atoms with E-state index in [1.807, 2.05) is 0 Å². The summed E-state index contributed by atoms with van der Waals surface area (Å²) in [5, 5.41) is 0. The first-order valence-corrected chi connectivity index (χ1v) is 11.6. The van der Waals surface area contributed by atoms with Crippen molar-refractivity contribution < 1.29 is 31.5 Å². The Hall–Kier alpha value is -2.85. The van der Waals surface area contributed by atoms with Crippen LogP contribution in [-0.2, 0) is 14.8 Å². The molecule has 1 amide bonds. The number of sulfonamides is 1. The van der Waals surface area contributed by atoms with E-state index < -0.39 is 21.7 Å². The largest absolute Gasteiger partial charge is 0.491 e. The molecule has 32 heavy (non-hydrogen) atoms. The number of piperazine rings is 1. The molecule has 172 valence electrons. The molecule has 2 aromatic rings. The van der Waals surface area contributed by atoms with Crippen LogP contribution in [0.5, 0.6) is 5.75 Å². The second-order valence-corrected chi connectivity index (χ2v) is 9.33. The predicted octanol–water partition coefficient (Wildman–Crippen LogP) is 2.86. The van der Waals surface area contributed by atoms with Gasteiger partial charge in [-0.1, -0.05) is 12.1 Å². The quantitative estimate of drug-likeness (QED) is 0.441. The number of carbonyl (C=O) groups is 2. The number of rotatable bonds is 8. The minimum atomic E-state index is -3.71. The summed E-state index contributed by atoms with van der Waals surface area (Å²) >= 11 is 0. The van der Waals surface area contributed by atoms with E-state index in [0.717, 1.165) is 12.1 Å². The molecule has 2 aromatic carbocycles. The predicted molar refractivity (Wildman–Crippen MR) is 113 cm³/mol. The molecule has 0 aliphatic carbocycles. The van der Waals surface area contributed by atoms with Crippen LogP contribution in [0, 0.1) is 11.6 Å². The number of hydrogen-bond donors (Lipinski definition) is 0. The Morgan fingerprint density at radius 2 is 1.66 bits per heavy atom. The van der Waals surface area contributed by atoms with Gasteiger partial charge in [0, 0.05) is 44.2 Å². The Morgan fingerprint density at radius 3 is 2.25 bits per heavy atom. The molecular formula is C22H24F2N2O5S. The van der Waals surface area contributed by atoms with Crippen LogP contribution in [0.4, 0.5) is 8.78 Å². The maximum atomic E-state index is 13.5. The second-order valence-electron chi connectivity index (χ2n) is 7.39. The van der Waals surface area contributed by atoms with Crippen molar-refractivity contribution in [2.24, 2.45) is 0 Å². The SMILES string of the molecule is CC(=O)c1ccc(S(=O)(=O)N2CCN(C(=O)CCCOc3ccc(F)cc3F)CC2)cc1. The van der Waals surface area contributed by atoms with Crippen molar-refractivity contribution in [3.63, 3.8) is 0 Å². The molecule has 1 aliphatic heterocycles. The van der Waals surface area contributed by atoms with Gasteiger partial charge in [0.05, 0.1) is 11.5 Å². The number of halogens is 2. The topological polar surface area (TPSA) is 84.0 Å². The molecule has 3 rings (SSSR count). The highest BCUT2D eigenvalue weighted by molar-refractivity contribution is 7.89. The lowest BCUT2D eigenvalue weighted by molar-refractivity contribution is -0.132. The van der Waals surface area contributed by atoms with E-state index >= 15 is 0 Å². The normalized spacial score (nSPS) is 14.9. The first-order chi connectivity index (χ1) is 15.2. The Balaban J connectivity index is 1.46. The highest BCUT2D eigenvalue weighted by Crippen LogP contribution is 2.20. The molecule has 0 atom stereocenters. The molecule has 1 saturated heterocycles. The van der Waals surface area contributed by atoms with Crippen LogP contribution in [0.3, 0.4) is 0 Å². The molecule has 10 heteroatoms. The second kappa shape index (κ2) is 10.2. The van der Waals surface area contributed by atoms with Crippen molar-refractivity contribution >= 4 is 21.7 Å². The van der Waals surface area contributed by atoms with E-state index in [1.54, 1.807) is 4.90 Å². The van der Waals surface area contributed by atoms with Gasteiger partial charge in [-0.15, -0.1) is 0 Å². The molecule has 0 N–H and O–H groups in total. The molecule has 1 fully saturated rings. The number of benzene rings is 2. The highest BCUT2D eigenvalue weighted by Gasteiger charge is 2.30. The minimum absolute atomic E-state index is 0.0750. The molecule has 1 heterocycles. The summed E-state index contributed by atoms with van der Waals surface area (Å²) in [6, 6.07) is 8.80. The summed E-state index contributed by atoms with van der Waals surface area (Å²) < 4.78 is 58.6. The molecule has 0 bridgehead atoms. The van der Waals surface area contributed by atoms with Crippen molar-refractivity contribution in [3.05, 3.63) is 59.7 Å². The molecule has 0 aromatic heterocycles. The average Bonchev–Trinajstić information content (AvgIpc) is 2.78. The number of ketones is 1. The molecule has 0 spiro atoms. The monoisotopic (exact) mass is 466 g/mol. The summed E-state index contributed by atoms with van der Waals surface area (Å²) in [5.74, 6) is -1.86. The summed E-state index contributed by atoms with van der Waals surface area (Å²) in [4.78, 5) is 25.5.